The molecule has 3 aromatic carbocycles. The number of carboxylic acid groups (broad SMARTS) is 1. The van der Waals surface area contributed by atoms with E-state index in [-0.39, 0.29) is 22.9 Å². The van der Waals surface area contributed by atoms with Crippen LogP contribution in [0.1, 0.15) is 56.9 Å². The van der Waals surface area contributed by atoms with E-state index in [2.05, 4.69) is 26.1 Å². The molecule has 0 saturated carbocycles. The standard InChI is InChI=1S/C37H44Cl2F2N4O5S2/c1-24(35(46)47)43(17-9-8-10-18-45(4,5)6)52(48,49)28-20-31(39)29(32(41)21-28)23-51-36-42-22-34(44(36)27-14-12-26(40)13-15-27)37(2,3)25-11-16-30(38)33(19-25)50-7/h11-16,19-22,24H,8-10,17-18,23H2,1-7H3/p+1/t24-/m1/s1. The summed E-state index contributed by atoms with van der Waals surface area (Å²) in [5, 5.41) is 10.5. The summed E-state index contributed by atoms with van der Waals surface area (Å²) in [6.07, 6.45) is 3.66. The first-order valence-electron chi connectivity index (χ1n) is 16.6. The van der Waals surface area contributed by atoms with Crippen LogP contribution >= 0.6 is 35.0 Å². The third kappa shape index (κ3) is 9.66. The van der Waals surface area contributed by atoms with Crippen LogP contribution in [-0.2, 0) is 26.0 Å². The van der Waals surface area contributed by atoms with Gasteiger partial charge in [-0.1, -0.05) is 54.9 Å². The number of rotatable bonds is 17. The SMILES string of the molecule is COc1cc(C(C)(C)c2cnc(SCc3c(F)cc(S(=O)(=O)N(CCCCC[N+](C)(C)C)[C@H](C)C(=O)O)cc3Cl)n2-c2ccc(F)cc2)ccc1Cl. The number of benzene rings is 3. The summed E-state index contributed by atoms with van der Waals surface area (Å²) >= 11 is 14.0. The lowest BCUT2D eigenvalue weighted by atomic mass is 9.81. The average molecular weight is 799 g/mol. The number of hydrogen-bond acceptors (Lipinski definition) is 6. The Morgan fingerprint density at radius 2 is 1.71 bits per heavy atom. The largest absolute Gasteiger partial charge is 0.495 e. The lowest BCUT2D eigenvalue weighted by molar-refractivity contribution is -0.870. The van der Waals surface area contributed by atoms with E-state index in [1.165, 1.54) is 26.2 Å². The Morgan fingerprint density at radius 3 is 2.31 bits per heavy atom. The first-order chi connectivity index (χ1) is 24.3. The molecule has 0 radical (unpaired) electrons. The van der Waals surface area contributed by atoms with Gasteiger partial charge in [-0.15, -0.1) is 0 Å². The van der Waals surface area contributed by atoms with Gasteiger partial charge in [-0.3, -0.25) is 9.36 Å². The molecule has 0 amide bonds. The number of halogens is 4. The number of nitrogens with zero attached hydrogens (tertiary/aromatic N) is 4. The number of carbonyl (C=O) groups is 1. The molecule has 0 aliphatic carbocycles. The molecule has 0 aliphatic rings. The fourth-order valence-corrected chi connectivity index (χ4v) is 9.03. The van der Waals surface area contributed by atoms with Crippen molar-refractivity contribution in [3.63, 3.8) is 0 Å². The highest BCUT2D eigenvalue weighted by Gasteiger charge is 2.34. The van der Waals surface area contributed by atoms with Gasteiger partial charge in [0.15, 0.2) is 5.16 Å². The molecule has 282 valence electrons. The summed E-state index contributed by atoms with van der Waals surface area (Å²) in [6, 6.07) is 12.0. The summed E-state index contributed by atoms with van der Waals surface area (Å²) in [5.41, 5.74) is 1.60. The van der Waals surface area contributed by atoms with Crippen LogP contribution in [0.3, 0.4) is 0 Å². The molecule has 1 aromatic heterocycles. The van der Waals surface area contributed by atoms with Crippen molar-refractivity contribution in [2.24, 2.45) is 0 Å². The van der Waals surface area contributed by atoms with Crippen LogP contribution in [0.15, 0.2) is 70.8 Å². The monoisotopic (exact) mass is 797 g/mol. The van der Waals surface area contributed by atoms with Crippen molar-refractivity contribution >= 4 is 51.0 Å². The molecule has 1 N–H and O–H groups in total. The van der Waals surface area contributed by atoms with E-state index in [4.69, 9.17) is 27.9 Å². The molecule has 52 heavy (non-hydrogen) atoms. The molecule has 4 aromatic rings. The quantitative estimate of drug-likeness (QED) is 0.0651. The maximum absolute atomic E-state index is 15.8. The molecule has 0 aliphatic heterocycles. The Labute approximate surface area is 319 Å². The van der Waals surface area contributed by atoms with E-state index in [1.54, 1.807) is 24.4 Å². The number of aliphatic carboxylic acids is 1. The van der Waals surface area contributed by atoms with Crippen LogP contribution < -0.4 is 4.74 Å². The summed E-state index contributed by atoms with van der Waals surface area (Å²) in [7, 11) is 3.27. The van der Waals surface area contributed by atoms with E-state index < -0.39 is 44.0 Å². The van der Waals surface area contributed by atoms with Crippen LogP contribution in [-0.4, -0.2) is 85.2 Å². The molecule has 9 nitrogen and oxygen atoms in total. The Hall–Kier alpha value is -3.20. The number of unbranched alkanes of at least 4 members (excludes halogenated alkanes) is 2. The normalized spacial score (nSPS) is 13.1. The zero-order valence-electron chi connectivity index (χ0n) is 30.3. The van der Waals surface area contributed by atoms with Gasteiger partial charge in [-0.05, 0) is 80.3 Å². The van der Waals surface area contributed by atoms with Crippen LogP contribution in [0.2, 0.25) is 10.0 Å². The maximum Gasteiger partial charge on any atom is 0.321 e. The molecule has 4 rings (SSSR count). The van der Waals surface area contributed by atoms with E-state index in [1.807, 2.05) is 30.5 Å². The lowest BCUT2D eigenvalue weighted by Crippen LogP contribution is -2.43. The van der Waals surface area contributed by atoms with Crippen LogP contribution in [0.25, 0.3) is 5.69 Å². The number of imidazole rings is 1. The fraction of sp³-hybridized carbons (Fsp3) is 0.405. The molecule has 15 heteroatoms. The van der Waals surface area contributed by atoms with Gasteiger partial charge in [0, 0.05) is 34.0 Å². The van der Waals surface area contributed by atoms with Gasteiger partial charge in [0.1, 0.15) is 23.4 Å². The van der Waals surface area contributed by atoms with Crippen molar-refractivity contribution in [1.29, 1.82) is 0 Å². The van der Waals surface area contributed by atoms with Crippen molar-refractivity contribution in [3.8, 4) is 11.4 Å². The summed E-state index contributed by atoms with van der Waals surface area (Å²) in [4.78, 5) is 16.2. The molecule has 1 atom stereocenters. The number of hydrogen-bond donors (Lipinski definition) is 1. The number of carboxylic acids is 1. The summed E-state index contributed by atoms with van der Waals surface area (Å²) in [6.45, 7) is 6.11. The van der Waals surface area contributed by atoms with E-state index in [9.17, 15) is 22.7 Å². The molecule has 0 fully saturated rings. The van der Waals surface area contributed by atoms with Crippen LogP contribution in [0.4, 0.5) is 8.78 Å². The molecule has 0 spiro atoms. The number of aromatic nitrogens is 2. The van der Waals surface area contributed by atoms with Crippen LogP contribution in [0.5, 0.6) is 5.75 Å². The van der Waals surface area contributed by atoms with Crippen molar-refractivity contribution in [2.45, 2.75) is 67.3 Å². The number of sulfonamides is 1. The first-order valence-corrected chi connectivity index (χ1v) is 19.8. The van der Waals surface area contributed by atoms with Crippen LogP contribution in [0, 0.1) is 11.6 Å². The van der Waals surface area contributed by atoms with Crippen molar-refractivity contribution in [1.82, 2.24) is 13.9 Å². The molecule has 1 heterocycles. The summed E-state index contributed by atoms with van der Waals surface area (Å²) in [5.74, 6) is -2.12. The van der Waals surface area contributed by atoms with Crippen molar-refractivity contribution in [3.05, 3.63) is 99.3 Å². The van der Waals surface area contributed by atoms with Gasteiger partial charge < -0.3 is 14.3 Å². The first kappa shape index (κ1) is 41.6. The second-order valence-corrected chi connectivity index (χ2v) is 17.7. The van der Waals surface area contributed by atoms with Gasteiger partial charge in [0.2, 0.25) is 10.0 Å². The Kier molecular flexibility index (Phi) is 13.5. The van der Waals surface area contributed by atoms with Gasteiger partial charge in [-0.2, -0.15) is 4.31 Å². The Balaban J connectivity index is 1.65. The van der Waals surface area contributed by atoms with Crippen molar-refractivity contribution < 1.29 is 36.3 Å². The second kappa shape index (κ2) is 16.9. The minimum atomic E-state index is -4.43. The topological polar surface area (TPSA) is 102 Å². The van der Waals surface area contributed by atoms with Gasteiger partial charge in [-0.25, -0.2) is 22.2 Å². The molecule has 0 bridgehead atoms. The summed E-state index contributed by atoms with van der Waals surface area (Å²) < 4.78 is 66.3. The number of methoxy groups -OCH3 is 1. The maximum atomic E-state index is 15.8. The molecular formula is C37H45Cl2F2N4O5S2+. The lowest BCUT2D eigenvalue weighted by Gasteiger charge is -2.28. The smallest absolute Gasteiger partial charge is 0.321 e. The van der Waals surface area contributed by atoms with E-state index in [0.29, 0.717) is 34.5 Å². The van der Waals surface area contributed by atoms with Gasteiger partial charge in [0.05, 0.1) is 56.6 Å². The fourth-order valence-electron chi connectivity index (χ4n) is 5.73. The minimum Gasteiger partial charge on any atom is -0.495 e. The second-order valence-electron chi connectivity index (χ2n) is 14.1. The predicted molar refractivity (Wildman–Crippen MR) is 202 cm³/mol. The highest BCUT2D eigenvalue weighted by molar-refractivity contribution is 7.98. The zero-order chi connectivity index (χ0) is 38.6. The third-order valence-electron chi connectivity index (χ3n) is 8.89. The third-order valence-corrected chi connectivity index (χ3v) is 12.5. The predicted octanol–water partition coefficient (Wildman–Crippen LogP) is 8.42. The van der Waals surface area contributed by atoms with Crippen molar-refractivity contribution in [2.75, 3.05) is 41.3 Å². The Morgan fingerprint density at radius 1 is 1.04 bits per heavy atom. The highest BCUT2D eigenvalue weighted by atomic mass is 35.5. The zero-order valence-corrected chi connectivity index (χ0v) is 33.4. The highest BCUT2D eigenvalue weighted by Crippen LogP contribution is 2.40. The van der Waals surface area contributed by atoms with Gasteiger partial charge in [0.25, 0.3) is 0 Å². The molecule has 0 saturated heterocycles. The average Bonchev–Trinajstić information content (AvgIpc) is 3.50. The van der Waals surface area contributed by atoms with Gasteiger partial charge >= 0.3 is 5.97 Å². The minimum absolute atomic E-state index is 0.0284. The number of thioether (sulfide) groups is 1. The number of quaternary nitrogens is 1. The van der Waals surface area contributed by atoms with E-state index in [0.717, 1.165) is 56.9 Å². The number of ether oxygens (including phenoxy) is 1. The van der Waals surface area contributed by atoms with E-state index >= 15 is 4.39 Å². The molecular weight excluding hydrogens is 753 g/mol. The molecule has 0 unspecified atom stereocenters. The Bertz CT molecular complexity index is 1980.